The van der Waals surface area contributed by atoms with Crippen molar-refractivity contribution in [2.75, 3.05) is 4.90 Å². The van der Waals surface area contributed by atoms with E-state index in [4.69, 9.17) is 9.40 Å². The van der Waals surface area contributed by atoms with Gasteiger partial charge >= 0.3 is 0 Å². The minimum absolute atomic E-state index is 0.640. The first-order valence-electron chi connectivity index (χ1n) is 17.0. The summed E-state index contributed by atoms with van der Waals surface area (Å²) in [5.41, 5.74) is 12.5. The number of pyridine rings is 5. The lowest BCUT2D eigenvalue weighted by atomic mass is 10.0. The molecule has 0 spiro atoms. The Kier molecular flexibility index (Phi) is 6.99. The van der Waals surface area contributed by atoms with Crippen molar-refractivity contribution in [2.24, 2.45) is 0 Å². The van der Waals surface area contributed by atoms with Gasteiger partial charge in [-0.25, -0.2) is 4.98 Å². The predicted octanol–water partition coefficient (Wildman–Crippen LogP) is 11.3. The Morgan fingerprint density at radius 3 is 1.56 bits per heavy atom. The summed E-state index contributed by atoms with van der Waals surface area (Å²) in [5.74, 6) is 0. The van der Waals surface area contributed by atoms with Crippen molar-refractivity contribution in [1.82, 2.24) is 24.9 Å². The zero-order chi connectivity index (χ0) is 34.4. The average molecular weight is 669 g/mol. The van der Waals surface area contributed by atoms with E-state index in [2.05, 4.69) is 128 Å². The zero-order valence-corrected chi connectivity index (χ0v) is 27.8. The van der Waals surface area contributed by atoms with E-state index in [1.165, 1.54) is 0 Å². The Bertz CT molecular complexity index is 2780. The first-order valence-corrected chi connectivity index (χ1v) is 17.0. The molecule has 0 saturated carbocycles. The Balaban J connectivity index is 1.02. The van der Waals surface area contributed by atoms with E-state index in [1.807, 2.05) is 42.7 Å². The largest absolute Gasteiger partial charge is 0.438 e. The van der Waals surface area contributed by atoms with Crippen LogP contribution in [0, 0.1) is 0 Å². The van der Waals surface area contributed by atoms with Crippen LogP contribution in [-0.4, -0.2) is 24.9 Å². The summed E-state index contributed by atoms with van der Waals surface area (Å²) in [6.45, 7) is 0. The van der Waals surface area contributed by atoms with Gasteiger partial charge in [-0.15, -0.1) is 0 Å². The summed E-state index contributed by atoms with van der Waals surface area (Å²) in [6.07, 6.45) is 11.0. The summed E-state index contributed by atoms with van der Waals surface area (Å²) >= 11 is 0. The van der Waals surface area contributed by atoms with Crippen LogP contribution < -0.4 is 4.90 Å². The smallest absolute Gasteiger partial charge is 0.227 e. The van der Waals surface area contributed by atoms with Crippen molar-refractivity contribution >= 4 is 60.9 Å². The molecule has 0 atom stereocenters. The lowest BCUT2D eigenvalue weighted by Gasteiger charge is -2.26. The maximum absolute atomic E-state index is 6.08. The zero-order valence-electron chi connectivity index (χ0n) is 27.8. The summed E-state index contributed by atoms with van der Waals surface area (Å²) in [4.78, 5) is 24.8. The fourth-order valence-electron chi connectivity index (χ4n) is 6.86. The quantitative estimate of drug-likeness (QED) is 0.174. The molecule has 0 aliphatic heterocycles. The van der Waals surface area contributed by atoms with Gasteiger partial charge in [0.2, 0.25) is 5.71 Å². The number of aromatic nitrogens is 5. The number of nitrogens with zero attached hydrogens (tertiary/aromatic N) is 6. The molecule has 52 heavy (non-hydrogen) atoms. The van der Waals surface area contributed by atoms with E-state index in [0.29, 0.717) is 5.71 Å². The van der Waals surface area contributed by atoms with Gasteiger partial charge in [-0.1, -0.05) is 54.6 Å². The van der Waals surface area contributed by atoms with Gasteiger partial charge in [0.25, 0.3) is 0 Å². The summed E-state index contributed by atoms with van der Waals surface area (Å²) in [6, 6.07) is 46.3. The molecule has 0 aliphatic rings. The number of para-hydroxylation sites is 1. The van der Waals surface area contributed by atoms with Crippen molar-refractivity contribution in [3.8, 4) is 33.5 Å². The number of rotatable bonds is 6. The third-order valence-electron chi connectivity index (χ3n) is 9.56. The van der Waals surface area contributed by atoms with E-state index in [-0.39, 0.29) is 0 Å². The highest BCUT2D eigenvalue weighted by molar-refractivity contribution is 6.04. The highest BCUT2D eigenvalue weighted by atomic mass is 16.3. The molecule has 10 aromatic rings. The summed E-state index contributed by atoms with van der Waals surface area (Å²) < 4.78 is 6.08. The van der Waals surface area contributed by atoms with E-state index in [9.17, 15) is 0 Å². The Labute approximate surface area is 298 Å². The van der Waals surface area contributed by atoms with E-state index < -0.39 is 0 Å². The Hall–Kier alpha value is -7.25. The van der Waals surface area contributed by atoms with E-state index in [0.717, 1.165) is 88.7 Å². The van der Waals surface area contributed by atoms with Crippen LogP contribution >= 0.6 is 0 Å². The van der Waals surface area contributed by atoms with Crippen LogP contribution in [0.5, 0.6) is 0 Å². The van der Waals surface area contributed by atoms with Gasteiger partial charge < -0.3 is 9.32 Å². The number of hydrogen-bond donors (Lipinski definition) is 0. The van der Waals surface area contributed by atoms with Crippen LogP contribution in [0.15, 0.2) is 175 Å². The van der Waals surface area contributed by atoms with Gasteiger partial charge in [0, 0.05) is 80.1 Å². The third-order valence-corrected chi connectivity index (χ3v) is 9.56. The molecule has 0 N–H and O–H groups in total. The van der Waals surface area contributed by atoms with Crippen LogP contribution in [0.2, 0.25) is 0 Å². The van der Waals surface area contributed by atoms with Gasteiger partial charge in [-0.2, -0.15) is 0 Å². The standard InChI is InChI=1S/C45H28N6O/c1-2-4-44-39(3-1)40-17-18-41(50-45(40)52-44)31-9-15-38(16-10-31)51(36-11-5-29(6-12-36)34-23-32-19-21-46-27-42(32)48-25-34)37-13-7-30(8-14-37)35-24-33-20-22-47-28-43(33)49-26-35/h1-28H. The molecular formula is C45H28N6O. The fraction of sp³-hybridized carbons (Fsp3) is 0. The first kappa shape index (κ1) is 29.6. The van der Waals surface area contributed by atoms with Gasteiger partial charge in [0.05, 0.1) is 29.1 Å². The predicted molar refractivity (Wildman–Crippen MR) is 209 cm³/mol. The number of benzene rings is 4. The van der Waals surface area contributed by atoms with E-state index in [1.54, 1.807) is 24.8 Å². The first-order chi connectivity index (χ1) is 25.7. The average Bonchev–Trinajstić information content (AvgIpc) is 3.59. The topological polar surface area (TPSA) is 80.8 Å². The molecule has 0 saturated heterocycles. The molecule has 0 fully saturated rings. The Morgan fingerprint density at radius 1 is 0.442 bits per heavy atom. The molecule has 4 aromatic carbocycles. The molecule has 244 valence electrons. The van der Waals surface area contributed by atoms with Crippen LogP contribution in [0.3, 0.4) is 0 Å². The van der Waals surface area contributed by atoms with Crippen molar-refractivity contribution in [3.05, 3.63) is 171 Å². The summed E-state index contributed by atoms with van der Waals surface area (Å²) in [5, 5.41) is 4.21. The molecule has 0 aliphatic carbocycles. The molecule has 6 heterocycles. The molecule has 0 amide bonds. The minimum atomic E-state index is 0.640. The number of fused-ring (bicyclic) bond motifs is 5. The van der Waals surface area contributed by atoms with Gasteiger partial charge in [-0.3, -0.25) is 19.9 Å². The van der Waals surface area contributed by atoms with Crippen molar-refractivity contribution in [1.29, 1.82) is 0 Å². The molecule has 7 nitrogen and oxygen atoms in total. The second-order valence-electron chi connectivity index (χ2n) is 12.7. The van der Waals surface area contributed by atoms with Gasteiger partial charge in [-0.05, 0) is 90.0 Å². The summed E-state index contributed by atoms with van der Waals surface area (Å²) in [7, 11) is 0. The van der Waals surface area contributed by atoms with E-state index >= 15 is 0 Å². The maximum Gasteiger partial charge on any atom is 0.227 e. The lowest BCUT2D eigenvalue weighted by Crippen LogP contribution is -2.09. The monoisotopic (exact) mass is 668 g/mol. The van der Waals surface area contributed by atoms with Gasteiger partial charge in [0.1, 0.15) is 5.58 Å². The third kappa shape index (κ3) is 5.28. The molecular weight excluding hydrogens is 641 g/mol. The van der Waals surface area contributed by atoms with Crippen LogP contribution in [-0.2, 0) is 0 Å². The molecule has 7 heteroatoms. The van der Waals surface area contributed by atoms with Crippen LogP contribution in [0.4, 0.5) is 17.1 Å². The van der Waals surface area contributed by atoms with Crippen molar-refractivity contribution < 1.29 is 4.42 Å². The minimum Gasteiger partial charge on any atom is -0.438 e. The normalized spacial score (nSPS) is 11.5. The molecule has 0 radical (unpaired) electrons. The van der Waals surface area contributed by atoms with Crippen LogP contribution in [0.25, 0.3) is 77.4 Å². The van der Waals surface area contributed by atoms with Gasteiger partial charge in [0.15, 0.2) is 0 Å². The molecule has 6 aromatic heterocycles. The highest BCUT2D eigenvalue weighted by Crippen LogP contribution is 2.38. The second-order valence-corrected chi connectivity index (χ2v) is 12.7. The SMILES string of the molecule is c1ccc2c(c1)oc1nc(-c3ccc(N(c4ccc(-c5cnc6cnccc6c5)cc4)c4ccc(-c5cnc6cnccc6c5)cc4)cc3)ccc12. The maximum atomic E-state index is 6.08. The molecule has 10 rings (SSSR count). The number of anilines is 3. The number of hydrogen-bond acceptors (Lipinski definition) is 7. The van der Waals surface area contributed by atoms with Crippen molar-refractivity contribution in [2.45, 2.75) is 0 Å². The Morgan fingerprint density at radius 2 is 0.981 bits per heavy atom. The molecule has 0 bridgehead atoms. The number of furan rings is 1. The fourth-order valence-corrected chi connectivity index (χ4v) is 6.86. The second kappa shape index (κ2) is 12.3. The van der Waals surface area contributed by atoms with Crippen LogP contribution in [0.1, 0.15) is 0 Å². The highest BCUT2D eigenvalue weighted by Gasteiger charge is 2.15. The lowest BCUT2D eigenvalue weighted by molar-refractivity contribution is 0.654. The molecule has 0 unspecified atom stereocenters. The van der Waals surface area contributed by atoms with Crippen molar-refractivity contribution in [3.63, 3.8) is 0 Å².